The van der Waals surface area contributed by atoms with Gasteiger partial charge in [-0.15, -0.1) is 11.3 Å². The van der Waals surface area contributed by atoms with E-state index < -0.39 is 17.7 Å². The molecule has 0 bridgehead atoms. The van der Waals surface area contributed by atoms with Crippen LogP contribution >= 0.6 is 23.1 Å². The lowest BCUT2D eigenvalue weighted by molar-refractivity contribution is -0.119. The Morgan fingerprint density at radius 3 is 2.69 bits per heavy atom. The van der Waals surface area contributed by atoms with E-state index in [1.165, 1.54) is 17.4 Å². The van der Waals surface area contributed by atoms with Crippen LogP contribution in [0.3, 0.4) is 0 Å². The number of aromatic amines is 1. The van der Waals surface area contributed by atoms with Gasteiger partial charge in [0, 0.05) is 22.1 Å². The number of aromatic nitrogens is 2. The van der Waals surface area contributed by atoms with Crippen LogP contribution in [-0.4, -0.2) is 21.6 Å². The number of aryl methyl sites for hydroxylation is 1. The normalized spacial score (nSPS) is 12.1. The Morgan fingerprint density at radius 1 is 1.22 bits per heavy atom. The molecule has 164 valence electrons. The van der Waals surface area contributed by atoms with Gasteiger partial charge in [-0.1, -0.05) is 48.2 Å². The number of rotatable bonds is 6. The molecule has 32 heavy (non-hydrogen) atoms. The van der Waals surface area contributed by atoms with Crippen molar-refractivity contribution < 1.29 is 13.6 Å². The molecule has 2 aromatic carbocycles. The molecule has 1 atom stereocenters. The summed E-state index contributed by atoms with van der Waals surface area (Å²) >= 11 is 2.52. The molecule has 5 nitrogen and oxygen atoms in total. The Bertz CT molecular complexity index is 1350. The summed E-state index contributed by atoms with van der Waals surface area (Å²) in [5.74, 6) is -1.77. The number of nitrogens with zero attached hydrogens (tertiary/aromatic N) is 1. The highest BCUT2D eigenvalue weighted by Crippen LogP contribution is 2.35. The van der Waals surface area contributed by atoms with E-state index in [1.54, 1.807) is 6.92 Å². The van der Waals surface area contributed by atoms with E-state index in [0.29, 0.717) is 15.4 Å². The molecular weight excluding hydrogens is 452 g/mol. The monoisotopic (exact) mass is 471 g/mol. The van der Waals surface area contributed by atoms with Crippen molar-refractivity contribution in [2.75, 3.05) is 5.75 Å². The van der Waals surface area contributed by atoms with E-state index in [4.69, 9.17) is 0 Å². The van der Waals surface area contributed by atoms with Crippen molar-refractivity contribution in [3.8, 4) is 11.1 Å². The quantitative estimate of drug-likeness (QED) is 0.299. The lowest BCUT2D eigenvalue weighted by Gasteiger charge is -2.15. The van der Waals surface area contributed by atoms with Crippen LogP contribution in [0.15, 0.2) is 58.5 Å². The van der Waals surface area contributed by atoms with Crippen molar-refractivity contribution >= 4 is 39.2 Å². The van der Waals surface area contributed by atoms with Crippen LogP contribution in [0, 0.1) is 18.6 Å². The van der Waals surface area contributed by atoms with E-state index in [0.717, 1.165) is 39.9 Å². The van der Waals surface area contributed by atoms with Gasteiger partial charge in [0.25, 0.3) is 5.56 Å². The van der Waals surface area contributed by atoms with E-state index in [9.17, 15) is 18.4 Å². The van der Waals surface area contributed by atoms with Gasteiger partial charge in [0.15, 0.2) is 5.16 Å². The maximum Gasteiger partial charge on any atom is 0.260 e. The minimum absolute atomic E-state index is 0.0164. The lowest BCUT2D eigenvalue weighted by atomic mass is 10.0. The van der Waals surface area contributed by atoms with Crippen molar-refractivity contribution in [2.45, 2.75) is 25.0 Å². The van der Waals surface area contributed by atoms with Crippen molar-refractivity contribution in [1.29, 1.82) is 0 Å². The highest BCUT2D eigenvalue weighted by molar-refractivity contribution is 7.99. The number of benzene rings is 2. The summed E-state index contributed by atoms with van der Waals surface area (Å²) in [6, 6.07) is 12.3. The minimum atomic E-state index is -0.718. The number of thioether (sulfide) groups is 1. The first-order valence-electron chi connectivity index (χ1n) is 9.79. The molecule has 4 rings (SSSR count). The first-order valence-corrected chi connectivity index (χ1v) is 11.6. The first kappa shape index (κ1) is 22.2. The molecule has 1 unspecified atom stereocenters. The van der Waals surface area contributed by atoms with E-state index in [2.05, 4.69) is 15.3 Å². The number of thiophene rings is 1. The van der Waals surface area contributed by atoms with Crippen LogP contribution in [0.1, 0.15) is 23.4 Å². The second-order valence-corrected chi connectivity index (χ2v) is 9.36. The van der Waals surface area contributed by atoms with Crippen LogP contribution in [0.2, 0.25) is 0 Å². The number of amides is 1. The second-order valence-electron chi connectivity index (χ2n) is 7.19. The zero-order valence-electron chi connectivity index (χ0n) is 17.2. The SMILES string of the molecule is Cc1sc2nc(SCC(=O)NC(C)c3ccc(F)cc3F)[nH]c(=O)c2c1-c1ccccc1. The largest absolute Gasteiger partial charge is 0.349 e. The van der Waals surface area contributed by atoms with E-state index >= 15 is 0 Å². The summed E-state index contributed by atoms with van der Waals surface area (Å²) in [6.45, 7) is 3.56. The maximum atomic E-state index is 13.9. The lowest BCUT2D eigenvalue weighted by Crippen LogP contribution is -2.29. The number of H-pyrrole nitrogens is 1. The average molecular weight is 472 g/mol. The number of fused-ring (bicyclic) bond motifs is 1. The van der Waals surface area contributed by atoms with Crippen LogP contribution in [-0.2, 0) is 4.79 Å². The van der Waals surface area contributed by atoms with Gasteiger partial charge in [0.2, 0.25) is 5.91 Å². The molecule has 0 fully saturated rings. The molecule has 1 amide bonds. The van der Waals surface area contributed by atoms with Gasteiger partial charge in [-0.25, -0.2) is 13.8 Å². The summed E-state index contributed by atoms with van der Waals surface area (Å²) in [5.41, 5.74) is 1.75. The van der Waals surface area contributed by atoms with Crippen LogP contribution in [0.5, 0.6) is 0 Å². The number of nitrogens with one attached hydrogen (secondary N) is 2. The molecule has 2 N–H and O–H groups in total. The maximum absolute atomic E-state index is 13.9. The summed E-state index contributed by atoms with van der Waals surface area (Å²) in [4.78, 5) is 34.0. The second kappa shape index (κ2) is 9.22. The summed E-state index contributed by atoms with van der Waals surface area (Å²) in [7, 11) is 0. The highest BCUT2D eigenvalue weighted by atomic mass is 32.2. The summed E-state index contributed by atoms with van der Waals surface area (Å²) < 4.78 is 27.0. The third-order valence-corrected chi connectivity index (χ3v) is 6.80. The van der Waals surface area contributed by atoms with Crippen LogP contribution in [0.25, 0.3) is 21.3 Å². The molecule has 0 saturated heterocycles. The predicted octanol–water partition coefficient (Wildman–Crippen LogP) is 5.21. The molecular formula is C23H19F2N3O2S2. The Morgan fingerprint density at radius 2 is 1.97 bits per heavy atom. The third kappa shape index (κ3) is 4.58. The average Bonchev–Trinajstić information content (AvgIpc) is 3.09. The third-order valence-electron chi connectivity index (χ3n) is 4.93. The molecule has 0 spiro atoms. The Kier molecular flexibility index (Phi) is 6.38. The van der Waals surface area contributed by atoms with E-state index in [1.807, 2.05) is 37.3 Å². The van der Waals surface area contributed by atoms with Crippen LogP contribution < -0.4 is 10.9 Å². The van der Waals surface area contributed by atoms with Crippen LogP contribution in [0.4, 0.5) is 8.78 Å². The number of hydrogen-bond acceptors (Lipinski definition) is 5. The van der Waals surface area contributed by atoms with Gasteiger partial charge in [-0.2, -0.15) is 0 Å². The Hall–Kier alpha value is -3.04. The minimum Gasteiger partial charge on any atom is -0.349 e. The van der Waals surface area contributed by atoms with E-state index in [-0.39, 0.29) is 22.8 Å². The summed E-state index contributed by atoms with van der Waals surface area (Å²) in [5, 5.41) is 3.54. The topological polar surface area (TPSA) is 74.8 Å². The first-order chi connectivity index (χ1) is 15.3. The molecule has 0 radical (unpaired) electrons. The molecule has 4 aromatic rings. The zero-order chi connectivity index (χ0) is 22.8. The molecule has 0 aliphatic rings. The van der Waals surface area contributed by atoms with Crippen molar-refractivity contribution in [3.63, 3.8) is 0 Å². The number of carbonyl (C=O) groups is 1. The van der Waals surface area contributed by atoms with Gasteiger partial charge >= 0.3 is 0 Å². The Labute approximate surface area is 190 Å². The molecule has 0 saturated carbocycles. The number of halogens is 2. The fourth-order valence-corrected chi connectivity index (χ4v) is 5.24. The number of carbonyl (C=O) groups excluding carboxylic acids is 1. The molecule has 2 aromatic heterocycles. The summed E-state index contributed by atoms with van der Waals surface area (Å²) in [6.07, 6.45) is 0. The molecule has 0 aliphatic heterocycles. The van der Waals surface area contributed by atoms with Gasteiger partial charge in [-0.3, -0.25) is 9.59 Å². The molecule has 0 aliphatic carbocycles. The molecule has 9 heteroatoms. The van der Waals surface area contributed by atoms with Gasteiger partial charge in [0.05, 0.1) is 17.2 Å². The zero-order valence-corrected chi connectivity index (χ0v) is 18.9. The van der Waals surface area contributed by atoms with Gasteiger partial charge in [-0.05, 0) is 25.5 Å². The fourth-order valence-electron chi connectivity index (χ4n) is 3.47. The Balaban J connectivity index is 1.49. The van der Waals surface area contributed by atoms with Crippen molar-refractivity contribution in [2.24, 2.45) is 0 Å². The van der Waals surface area contributed by atoms with Crippen molar-refractivity contribution in [3.05, 3.63) is 81.0 Å². The van der Waals surface area contributed by atoms with Gasteiger partial charge < -0.3 is 10.3 Å². The molecule has 2 heterocycles. The van der Waals surface area contributed by atoms with Crippen molar-refractivity contribution in [1.82, 2.24) is 15.3 Å². The van der Waals surface area contributed by atoms with Gasteiger partial charge in [0.1, 0.15) is 16.5 Å². The standard InChI is InChI=1S/C23H19F2N3O2S2/c1-12(16-9-8-15(24)10-17(16)25)26-18(29)11-31-23-27-21(30)20-19(13(2)32-22(20)28-23)14-6-4-3-5-7-14/h3-10,12H,11H2,1-2H3,(H,26,29)(H,27,28,30). The smallest absolute Gasteiger partial charge is 0.260 e. The predicted molar refractivity (Wildman–Crippen MR) is 124 cm³/mol. The fraction of sp³-hybridized carbons (Fsp3) is 0.174. The highest BCUT2D eigenvalue weighted by Gasteiger charge is 2.18. The number of hydrogen-bond donors (Lipinski definition) is 2.